The molecule has 0 radical (unpaired) electrons. The lowest BCUT2D eigenvalue weighted by Crippen LogP contribution is -2.37. The maximum atomic E-state index is 14.7. The van der Waals surface area contributed by atoms with Crippen molar-refractivity contribution in [2.45, 2.75) is 50.9 Å². The lowest BCUT2D eigenvalue weighted by atomic mass is 9.84. The average molecular weight is 424 g/mol. The molecule has 1 aromatic rings. The molecule has 1 aliphatic heterocycles. The van der Waals surface area contributed by atoms with Crippen LogP contribution in [0.5, 0.6) is 0 Å². The molecule has 30 heavy (non-hydrogen) atoms. The first-order valence-electron chi connectivity index (χ1n) is 9.90. The highest BCUT2D eigenvalue weighted by atomic mass is 19.1. The molecule has 0 bridgehead atoms. The number of amides is 1. The van der Waals surface area contributed by atoms with Crippen molar-refractivity contribution in [3.05, 3.63) is 28.8 Å². The monoisotopic (exact) mass is 424 g/mol. The van der Waals surface area contributed by atoms with Crippen LogP contribution in [0.25, 0.3) is 0 Å². The SMILES string of the molecule is CC1(C)C(=O)N(CC=O)c2c(F)cc(C3CC3)c(F)c21.CNCCC/C(=N/N)NN. The van der Waals surface area contributed by atoms with E-state index in [1.165, 1.54) is 6.07 Å². The van der Waals surface area contributed by atoms with E-state index in [1.54, 1.807) is 13.8 Å². The number of benzene rings is 1. The lowest BCUT2D eigenvalue weighted by Gasteiger charge is -2.18. The molecule has 2 aliphatic rings. The highest BCUT2D eigenvalue weighted by molar-refractivity contribution is 6.09. The van der Waals surface area contributed by atoms with Crippen LogP contribution in [0.3, 0.4) is 0 Å². The molecule has 1 heterocycles. The van der Waals surface area contributed by atoms with Gasteiger partial charge in [0.25, 0.3) is 0 Å². The summed E-state index contributed by atoms with van der Waals surface area (Å²) >= 11 is 0. The van der Waals surface area contributed by atoms with E-state index < -0.39 is 23.0 Å². The molecule has 1 saturated carbocycles. The highest BCUT2D eigenvalue weighted by Gasteiger charge is 2.49. The van der Waals surface area contributed by atoms with E-state index >= 15 is 0 Å². The van der Waals surface area contributed by atoms with Crippen LogP contribution in [0.15, 0.2) is 11.2 Å². The fourth-order valence-electron chi connectivity index (χ4n) is 3.56. The fraction of sp³-hybridized carbons (Fsp3) is 0.550. The van der Waals surface area contributed by atoms with Crippen LogP contribution in [-0.4, -0.2) is 38.2 Å². The number of hydrogen-bond acceptors (Lipinski definition) is 6. The minimum atomic E-state index is -1.14. The third-order valence-corrected chi connectivity index (χ3v) is 5.33. The molecule has 1 fully saturated rings. The molecule has 0 unspecified atom stereocenters. The summed E-state index contributed by atoms with van der Waals surface area (Å²) in [5.41, 5.74) is 1.63. The fourth-order valence-corrected chi connectivity index (χ4v) is 3.56. The van der Waals surface area contributed by atoms with Gasteiger partial charge >= 0.3 is 0 Å². The number of fused-ring (bicyclic) bond motifs is 1. The second-order valence-corrected chi connectivity index (χ2v) is 7.89. The molecule has 1 aliphatic carbocycles. The molecule has 6 N–H and O–H groups in total. The number of halogens is 2. The molecule has 0 spiro atoms. The number of aldehydes is 1. The largest absolute Gasteiger partial charge is 0.322 e. The Kier molecular flexibility index (Phi) is 7.85. The summed E-state index contributed by atoms with van der Waals surface area (Å²) in [6.07, 6.45) is 3.99. The molecule has 0 aromatic heterocycles. The van der Waals surface area contributed by atoms with E-state index in [1.807, 2.05) is 7.05 Å². The van der Waals surface area contributed by atoms with Crippen LogP contribution >= 0.6 is 0 Å². The summed E-state index contributed by atoms with van der Waals surface area (Å²) in [6.45, 7) is 3.82. The van der Waals surface area contributed by atoms with Crippen molar-refractivity contribution in [1.82, 2.24) is 10.7 Å². The van der Waals surface area contributed by atoms with Crippen molar-refractivity contribution >= 4 is 23.7 Å². The second kappa shape index (κ2) is 9.94. The van der Waals surface area contributed by atoms with Crippen LogP contribution in [0.1, 0.15) is 56.6 Å². The molecular formula is C20H30F2N6O2. The highest BCUT2D eigenvalue weighted by Crippen LogP contribution is 2.49. The van der Waals surface area contributed by atoms with Crippen LogP contribution in [0.4, 0.5) is 14.5 Å². The second-order valence-electron chi connectivity index (χ2n) is 7.89. The van der Waals surface area contributed by atoms with E-state index in [0.717, 1.165) is 37.1 Å². The van der Waals surface area contributed by atoms with Gasteiger partial charge in [-0.25, -0.2) is 14.6 Å². The molecule has 1 aromatic carbocycles. The zero-order valence-electron chi connectivity index (χ0n) is 17.6. The van der Waals surface area contributed by atoms with E-state index in [0.29, 0.717) is 17.7 Å². The number of hydrazine groups is 1. The first kappa shape index (κ1) is 23.7. The van der Waals surface area contributed by atoms with E-state index in [4.69, 9.17) is 11.7 Å². The van der Waals surface area contributed by atoms with E-state index in [-0.39, 0.29) is 23.7 Å². The van der Waals surface area contributed by atoms with E-state index in [2.05, 4.69) is 15.8 Å². The summed E-state index contributed by atoms with van der Waals surface area (Å²) in [6, 6.07) is 1.18. The molecule has 8 nitrogen and oxygen atoms in total. The summed E-state index contributed by atoms with van der Waals surface area (Å²) in [5, 5.41) is 6.44. The van der Waals surface area contributed by atoms with Crippen molar-refractivity contribution in [2.24, 2.45) is 16.8 Å². The predicted molar refractivity (Wildman–Crippen MR) is 112 cm³/mol. The minimum Gasteiger partial charge on any atom is -0.322 e. The Morgan fingerprint density at radius 2 is 2.07 bits per heavy atom. The Bertz CT molecular complexity index is 824. The van der Waals surface area contributed by atoms with Crippen molar-refractivity contribution in [3.63, 3.8) is 0 Å². The number of nitrogens with one attached hydrogen (secondary N) is 2. The number of nitrogens with two attached hydrogens (primary N) is 2. The van der Waals surface area contributed by atoms with Crippen LogP contribution < -0.4 is 27.3 Å². The maximum Gasteiger partial charge on any atom is 0.237 e. The third-order valence-electron chi connectivity index (χ3n) is 5.33. The Morgan fingerprint density at radius 1 is 1.40 bits per heavy atom. The Labute approximate surface area is 175 Å². The third kappa shape index (κ3) is 4.76. The molecule has 3 rings (SSSR count). The standard InChI is InChI=1S/C15H15F2NO2.C5H15N5/c1-15(2)11-12(17)9(8-3-4-8)7-10(16)13(11)18(5-6-19)14(15)20;1-8-4-2-3-5(9-6)10-7/h6-8H,3-5H2,1-2H3;8H,2-4,6-7H2,1H3,(H,9,10). The maximum absolute atomic E-state index is 14.7. The van der Waals surface area contributed by atoms with Crippen molar-refractivity contribution in [1.29, 1.82) is 0 Å². The van der Waals surface area contributed by atoms with Gasteiger partial charge in [0.15, 0.2) is 0 Å². The van der Waals surface area contributed by atoms with Crippen LogP contribution in [-0.2, 0) is 15.0 Å². The first-order valence-corrected chi connectivity index (χ1v) is 9.90. The molecule has 166 valence electrons. The van der Waals surface area contributed by atoms with Gasteiger partial charge in [-0.1, -0.05) is 0 Å². The van der Waals surface area contributed by atoms with Gasteiger partial charge in [0.1, 0.15) is 23.8 Å². The number of rotatable bonds is 7. The van der Waals surface area contributed by atoms with Crippen molar-refractivity contribution in [2.75, 3.05) is 25.0 Å². The van der Waals surface area contributed by atoms with Gasteiger partial charge < -0.3 is 26.3 Å². The first-order chi connectivity index (χ1) is 14.2. The zero-order chi connectivity index (χ0) is 22.5. The Hall–Kier alpha value is -2.59. The summed E-state index contributed by atoms with van der Waals surface area (Å²) in [4.78, 5) is 24.0. The van der Waals surface area contributed by atoms with Crippen molar-refractivity contribution < 1.29 is 18.4 Å². The number of anilines is 1. The Morgan fingerprint density at radius 3 is 2.57 bits per heavy atom. The predicted octanol–water partition coefficient (Wildman–Crippen LogP) is 1.39. The summed E-state index contributed by atoms with van der Waals surface area (Å²) in [5.74, 6) is 9.21. The number of nitrogens with zero attached hydrogens (tertiary/aromatic N) is 2. The molecular weight excluding hydrogens is 394 g/mol. The topological polar surface area (TPSA) is 126 Å². The van der Waals surface area contributed by atoms with Gasteiger partial charge in [-0.15, -0.1) is 0 Å². The normalized spacial score (nSPS) is 17.3. The number of hydrogen-bond donors (Lipinski definition) is 4. The van der Waals surface area contributed by atoms with Gasteiger partial charge in [-0.2, -0.15) is 5.10 Å². The number of carbonyl (C=O) groups is 2. The number of hydrazone groups is 1. The lowest BCUT2D eigenvalue weighted by molar-refractivity contribution is -0.123. The minimum absolute atomic E-state index is 0.0563. The van der Waals surface area contributed by atoms with E-state index in [9.17, 15) is 18.4 Å². The molecule has 0 saturated heterocycles. The zero-order valence-corrected chi connectivity index (χ0v) is 17.6. The number of carbonyl (C=O) groups excluding carboxylic acids is 2. The smallest absolute Gasteiger partial charge is 0.237 e. The van der Waals surface area contributed by atoms with Gasteiger partial charge in [0.05, 0.1) is 17.6 Å². The molecule has 1 amide bonds. The summed E-state index contributed by atoms with van der Waals surface area (Å²) < 4.78 is 29.0. The average Bonchev–Trinajstić information content (AvgIpc) is 3.53. The van der Waals surface area contributed by atoms with Crippen LogP contribution in [0, 0.1) is 11.6 Å². The van der Waals surface area contributed by atoms with Crippen molar-refractivity contribution in [3.8, 4) is 0 Å². The number of amidine groups is 1. The molecule has 10 heteroatoms. The van der Waals surface area contributed by atoms with Gasteiger partial charge in [-0.05, 0) is 64.3 Å². The molecule has 0 atom stereocenters. The summed E-state index contributed by atoms with van der Waals surface area (Å²) in [7, 11) is 1.90. The quantitative estimate of drug-likeness (QED) is 0.131. The van der Waals surface area contributed by atoms with Crippen LogP contribution in [0.2, 0.25) is 0 Å². The van der Waals surface area contributed by atoms with Gasteiger partial charge in [0.2, 0.25) is 5.91 Å². The van der Waals surface area contributed by atoms with Gasteiger partial charge in [-0.3, -0.25) is 4.79 Å². The van der Waals surface area contributed by atoms with Gasteiger partial charge in [0, 0.05) is 12.0 Å². The Balaban J connectivity index is 0.000000274.